The van der Waals surface area contributed by atoms with Crippen molar-refractivity contribution < 1.29 is 4.39 Å². The molecule has 122 valence electrons. The second-order valence-corrected chi connectivity index (χ2v) is 6.20. The number of halogens is 3. The second kappa shape index (κ2) is 7.02. The van der Waals surface area contributed by atoms with Gasteiger partial charge in [0.05, 0.1) is 5.02 Å². The Labute approximate surface area is 151 Å². The fourth-order valence-corrected chi connectivity index (χ4v) is 2.59. The summed E-state index contributed by atoms with van der Waals surface area (Å²) in [6.45, 7) is 0. The standard InChI is InChI=1S/C16H12BrClFN5/c17-9-2-1-3-10(6-9)23-15-14(20)16(22-8-21-15)24-11-4-5-13(19)12(18)7-11/h1-8H,20H2,(H2,21,22,23,24). The zero-order valence-electron chi connectivity index (χ0n) is 12.2. The van der Waals surface area contributed by atoms with Crippen LogP contribution in [0.1, 0.15) is 0 Å². The first kappa shape index (κ1) is 16.5. The maximum atomic E-state index is 13.2. The van der Waals surface area contributed by atoms with E-state index in [2.05, 4.69) is 36.5 Å². The highest BCUT2D eigenvalue weighted by Gasteiger charge is 2.10. The summed E-state index contributed by atoms with van der Waals surface area (Å²) in [4.78, 5) is 8.26. The van der Waals surface area contributed by atoms with Gasteiger partial charge in [-0.2, -0.15) is 0 Å². The number of hydrogen-bond donors (Lipinski definition) is 3. The SMILES string of the molecule is Nc1c(Nc2cccc(Br)c2)ncnc1Nc1ccc(F)c(Cl)c1. The Balaban J connectivity index is 1.86. The summed E-state index contributed by atoms with van der Waals surface area (Å²) in [6, 6.07) is 11.9. The van der Waals surface area contributed by atoms with Crippen molar-refractivity contribution in [2.75, 3.05) is 16.4 Å². The maximum absolute atomic E-state index is 13.2. The van der Waals surface area contributed by atoms with Crippen LogP contribution in [-0.4, -0.2) is 9.97 Å². The molecule has 2 aromatic carbocycles. The molecule has 0 saturated carbocycles. The smallest absolute Gasteiger partial charge is 0.159 e. The Hall–Kier alpha value is -2.38. The predicted molar refractivity (Wildman–Crippen MR) is 98.6 cm³/mol. The van der Waals surface area contributed by atoms with E-state index in [1.165, 1.54) is 18.5 Å². The molecule has 0 atom stereocenters. The third kappa shape index (κ3) is 3.74. The molecule has 1 heterocycles. The van der Waals surface area contributed by atoms with Gasteiger partial charge in [-0.05, 0) is 36.4 Å². The third-order valence-electron chi connectivity index (χ3n) is 3.15. The zero-order valence-corrected chi connectivity index (χ0v) is 14.6. The van der Waals surface area contributed by atoms with Crippen LogP contribution in [0, 0.1) is 5.82 Å². The lowest BCUT2D eigenvalue weighted by Gasteiger charge is -2.13. The molecule has 0 bridgehead atoms. The summed E-state index contributed by atoms with van der Waals surface area (Å²) >= 11 is 9.18. The van der Waals surface area contributed by atoms with Crippen molar-refractivity contribution >= 4 is 56.2 Å². The molecule has 0 amide bonds. The van der Waals surface area contributed by atoms with E-state index in [0.717, 1.165) is 10.2 Å². The molecule has 0 radical (unpaired) electrons. The molecule has 0 spiro atoms. The highest BCUT2D eigenvalue weighted by atomic mass is 79.9. The largest absolute Gasteiger partial charge is 0.393 e. The summed E-state index contributed by atoms with van der Waals surface area (Å²) in [5.74, 6) is 0.360. The van der Waals surface area contributed by atoms with Crippen molar-refractivity contribution in [1.82, 2.24) is 9.97 Å². The van der Waals surface area contributed by atoms with Crippen molar-refractivity contribution in [2.24, 2.45) is 0 Å². The van der Waals surface area contributed by atoms with Gasteiger partial charge in [0.25, 0.3) is 0 Å². The molecular formula is C16H12BrClFN5. The van der Waals surface area contributed by atoms with Crippen LogP contribution in [-0.2, 0) is 0 Å². The molecule has 0 aliphatic carbocycles. The number of nitrogens with one attached hydrogen (secondary N) is 2. The molecule has 5 nitrogen and oxygen atoms in total. The van der Waals surface area contributed by atoms with Gasteiger partial charge in [0.2, 0.25) is 0 Å². The number of anilines is 5. The van der Waals surface area contributed by atoms with E-state index in [1.54, 1.807) is 6.07 Å². The van der Waals surface area contributed by atoms with Gasteiger partial charge < -0.3 is 16.4 Å². The van der Waals surface area contributed by atoms with Crippen molar-refractivity contribution in [2.45, 2.75) is 0 Å². The van der Waals surface area contributed by atoms with Crippen LogP contribution in [0.5, 0.6) is 0 Å². The number of nitrogens with zero attached hydrogens (tertiary/aromatic N) is 2. The van der Waals surface area contributed by atoms with E-state index in [-0.39, 0.29) is 5.02 Å². The Kier molecular flexibility index (Phi) is 4.82. The van der Waals surface area contributed by atoms with Gasteiger partial charge in [-0.3, -0.25) is 0 Å². The summed E-state index contributed by atoms with van der Waals surface area (Å²) in [6.07, 6.45) is 1.38. The minimum absolute atomic E-state index is 0.0140. The number of aromatic nitrogens is 2. The molecule has 0 aliphatic heterocycles. The Bertz CT molecular complexity index is 890. The topological polar surface area (TPSA) is 75.9 Å². The van der Waals surface area contributed by atoms with Crippen LogP contribution in [0.2, 0.25) is 5.02 Å². The van der Waals surface area contributed by atoms with Crippen LogP contribution in [0.15, 0.2) is 53.3 Å². The minimum Gasteiger partial charge on any atom is -0.393 e. The minimum atomic E-state index is -0.491. The molecule has 0 fully saturated rings. The van der Waals surface area contributed by atoms with Gasteiger partial charge in [0, 0.05) is 15.8 Å². The van der Waals surface area contributed by atoms with Crippen LogP contribution >= 0.6 is 27.5 Å². The van der Waals surface area contributed by atoms with Crippen LogP contribution in [0.25, 0.3) is 0 Å². The van der Waals surface area contributed by atoms with Crippen molar-refractivity contribution in [3.05, 3.63) is 64.1 Å². The Morgan fingerprint density at radius 3 is 2.29 bits per heavy atom. The number of nitrogens with two attached hydrogens (primary N) is 1. The van der Waals surface area contributed by atoms with E-state index < -0.39 is 5.82 Å². The van der Waals surface area contributed by atoms with Crippen molar-refractivity contribution in [3.63, 3.8) is 0 Å². The zero-order chi connectivity index (χ0) is 17.1. The monoisotopic (exact) mass is 407 g/mol. The molecule has 0 aliphatic rings. The number of benzene rings is 2. The highest BCUT2D eigenvalue weighted by molar-refractivity contribution is 9.10. The second-order valence-electron chi connectivity index (χ2n) is 4.87. The molecule has 3 aromatic rings. The number of hydrogen-bond acceptors (Lipinski definition) is 5. The molecule has 8 heteroatoms. The van der Waals surface area contributed by atoms with Crippen LogP contribution < -0.4 is 16.4 Å². The Morgan fingerprint density at radius 2 is 1.67 bits per heavy atom. The third-order valence-corrected chi connectivity index (χ3v) is 3.94. The van der Waals surface area contributed by atoms with Gasteiger partial charge in [-0.15, -0.1) is 0 Å². The van der Waals surface area contributed by atoms with Crippen LogP contribution in [0.3, 0.4) is 0 Å². The summed E-state index contributed by atoms with van der Waals surface area (Å²) in [5, 5.41) is 6.14. The Morgan fingerprint density at radius 1 is 1.00 bits per heavy atom. The lowest BCUT2D eigenvalue weighted by Crippen LogP contribution is -2.05. The van der Waals surface area contributed by atoms with E-state index in [4.69, 9.17) is 17.3 Å². The fraction of sp³-hybridized carbons (Fsp3) is 0. The van der Waals surface area contributed by atoms with E-state index in [1.807, 2.05) is 24.3 Å². The summed E-state index contributed by atoms with van der Waals surface area (Å²) in [7, 11) is 0. The lowest BCUT2D eigenvalue weighted by atomic mass is 10.3. The summed E-state index contributed by atoms with van der Waals surface area (Å²) in [5.41, 5.74) is 7.84. The van der Waals surface area contributed by atoms with Gasteiger partial charge in [-0.25, -0.2) is 14.4 Å². The predicted octanol–water partition coefficient (Wildman–Crippen LogP) is 5.10. The molecule has 0 saturated heterocycles. The fourth-order valence-electron chi connectivity index (χ4n) is 2.01. The van der Waals surface area contributed by atoms with Crippen molar-refractivity contribution in [3.8, 4) is 0 Å². The van der Waals surface area contributed by atoms with Crippen LogP contribution in [0.4, 0.5) is 33.1 Å². The average molecular weight is 409 g/mol. The lowest BCUT2D eigenvalue weighted by molar-refractivity contribution is 0.628. The molecule has 0 unspecified atom stereocenters. The average Bonchev–Trinajstić information content (AvgIpc) is 2.55. The number of rotatable bonds is 4. The molecule has 1 aromatic heterocycles. The van der Waals surface area contributed by atoms with E-state index >= 15 is 0 Å². The highest BCUT2D eigenvalue weighted by Crippen LogP contribution is 2.30. The maximum Gasteiger partial charge on any atom is 0.159 e. The first-order valence-corrected chi connectivity index (χ1v) is 8.05. The number of nitrogen functional groups attached to an aromatic ring is 1. The molecule has 3 rings (SSSR count). The van der Waals surface area contributed by atoms with Gasteiger partial charge in [-0.1, -0.05) is 33.6 Å². The van der Waals surface area contributed by atoms with E-state index in [9.17, 15) is 4.39 Å². The first-order chi connectivity index (χ1) is 11.5. The van der Waals surface area contributed by atoms with E-state index in [0.29, 0.717) is 23.0 Å². The molecule has 24 heavy (non-hydrogen) atoms. The summed E-state index contributed by atoms with van der Waals surface area (Å²) < 4.78 is 14.2. The normalized spacial score (nSPS) is 10.5. The van der Waals surface area contributed by atoms with Crippen molar-refractivity contribution in [1.29, 1.82) is 0 Å². The van der Waals surface area contributed by atoms with Gasteiger partial charge >= 0.3 is 0 Å². The van der Waals surface area contributed by atoms with Gasteiger partial charge in [0.15, 0.2) is 11.6 Å². The quantitative estimate of drug-likeness (QED) is 0.560. The first-order valence-electron chi connectivity index (χ1n) is 6.88. The van der Waals surface area contributed by atoms with Gasteiger partial charge in [0.1, 0.15) is 17.8 Å². The molecule has 4 N–H and O–H groups in total. The molecular weight excluding hydrogens is 397 g/mol.